The average Bonchev–Trinajstić information content (AvgIpc) is 2.78. The third kappa shape index (κ3) is 2.27. The number of rotatable bonds is 2. The highest BCUT2D eigenvalue weighted by Gasteiger charge is 2.25. The predicted octanol–water partition coefficient (Wildman–Crippen LogP) is 2.35. The van der Waals surface area contributed by atoms with Crippen molar-refractivity contribution in [2.75, 3.05) is 5.73 Å². The highest BCUT2D eigenvalue weighted by molar-refractivity contribution is 6.11. The Bertz CT molecular complexity index is 1020. The molecule has 6 N–H and O–H groups in total. The molecule has 2 heterocycles. The van der Waals surface area contributed by atoms with E-state index in [-0.39, 0.29) is 22.9 Å². The predicted molar refractivity (Wildman–Crippen MR) is 96.3 cm³/mol. The summed E-state index contributed by atoms with van der Waals surface area (Å²) in [5, 5.41) is 20.8. The topological polar surface area (TPSA) is 127 Å². The molecule has 0 saturated carbocycles. The van der Waals surface area contributed by atoms with E-state index in [4.69, 9.17) is 11.5 Å². The van der Waals surface area contributed by atoms with E-state index in [1.165, 1.54) is 6.07 Å². The molecule has 130 valence electrons. The van der Waals surface area contributed by atoms with Crippen molar-refractivity contribution in [3.05, 3.63) is 40.1 Å². The molecule has 0 bridgehead atoms. The van der Waals surface area contributed by atoms with Crippen molar-refractivity contribution in [1.29, 1.82) is 0 Å². The Labute approximate surface area is 144 Å². The Morgan fingerprint density at radius 2 is 1.64 bits per heavy atom. The van der Waals surface area contributed by atoms with Crippen molar-refractivity contribution < 1.29 is 15.0 Å². The van der Waals surface area contributed by atoms with Crippen LogP contribution in [0.2, 0.25) is 0 Å². The lowest BCUT2D eigenvalue weighted by Gasteiger charge is -2.16. The first-order valence-electron chi connectivity index (χ1n) is 7.75. The summed E-state index contributed by atoms with van der Waals surface area (Å²) in [4.78, 5) is 16.6. The highest BCUT2D eigenvalue weighted by atomic mass is 16.3. The fourth-order valence-corrected chi connectivity index (χ4v) is 3.10. The molecule has 0 aliphatic rings. The van der Waals surface area contributed by atoms with E-state index >= 15 is 0 Å². The van der Waals surface area contributed by atoms with Gasteiger partial charge in [0, 0.05) is 28.3 Å². The minimum absolute atomic E-state index is 0.0798. The van der Waals surface area contributed by atoms with Crippen LogP contribution in [-0.2, 0) is 0 Å². The fraction of sp³-hybridized carbons (Fsp3) is 0.222. The maximum Gasteiger partial charge on any atom is 0.253 e. The number of carbonyl (C=O) groups is 1. The number of anilines is 1. The number of amides is 1. The number of primary amides is 1. The van der Waals surface area contributed by atoms with Gasteiger partial charge < -0.3 is 21.7 Å². The molecule has 3 rings (SSSR count). The van der Waals surface area contributed by atoms with E-state index in [0.717, 1.165) is 11.3 Å². The number of phenolic OH excluding ortho intramolecular Hbond substituents is 2. The largest absolute Gasteiger partial charge is 0.507 e. The second-order valence-corrected chi connectivity index (χ2v) is 6.24. The minimum Gasteiger partial charge on any atom is -0.507 e. The van der Waals surface area contributed by atoms with Crippen LogP contribution in [0.4, 0.5) is 5.82 Å². The van der Waals surface area contributed by atoms with Gasteiger partial charge in [-0.2, -0.15) is 0 Å². The average molecular weight is 340 g/mol. The molecule has 0 saturated heterocycles. The van der Waals surface area contributed by atoms with Crippen LogP contribution >= 0.6 is 0 Å². The smallest absolute Gasteiger partial charge is 0.253 e. The van der Waals surface area contributed by atoms with Crippen LogP contribution in [0.25, 0.3) is 16.7 Å². The van der Waals surface area contributed by atoms with Gasteiger partial charge in [0.2, 0.25) is 0 Å². The van der Waals surface area contributed by atoms with E-state index in [2.05, 4.69) is 4.98 Å². The number of aromatic hydroxyl groups is 2. The molecule has 7 nitrogen and oxygen atoms in total. The molecule has 0 aliphatic heterocycles. The van der Waals surface area contributed by atoms with Crippen molar-refractivity contribution in [2.45, 2.75) is 27.7 Å². The number of nitrogens with zero attached hydrogens (tertiary/aromatic N) is 2. The van der Waals surface area contributed by atoms with Crippen LogP contribution in [-0.4, -0.2) is 25.7 Å². The normalized spacial score (nSPS) is 11.2. The number of benzene rings is 1. The molecule has 0 unspecified atom stereocenters. The number of pyridine rings is 1. The second kappa shape index (κ2) is 5.41. The number of carbonyl (C=O) groups excluding carboxylic acids is 1. The first-order chi connectivity index (χ1) is 11.6. The van der Waals surface area contributed by atoms with Gasteiger partial charge in [-0.1, -0.05) is 0 Å². The summed E-state index contributed by atoms with van der Waals surface area (Å²) in [6.07, 6.45) is 0. The molecule has 0 fully saturated rings. The van der Waals surface area contributed by atoms with E-state index in [1.807, 2.05) is 19.9 Å². The lowest BCUT2D eigenvalue weighted by molar-refractivity contribution is 0.100. The molecule has 0 atom stereocenters. The van der Waals surface area contributed by atoms with Crippen LogP contribution in [0.15, 0.2) is 12.1 Å². The van der Waals surface area contributed by atoms with Gasteiger partial charge in [0.05, 0.1) is 11.3 Å². The fourth-order valence-electron chi connectivity index (χ4n) is 3.10. The summed E-state index contributed by atoms with van der Waals surface area (Å²) >= 11 is 0. The molecule has 3 aromatic rings. The standard InChI is InChI=1S/C18H20N4O3/c1-7-5-11-14(17(20)25)16(19)22(18(11)21-10(7)4)15-8(2)12(23)6-13(24)9(15)3/h5-6,23-24H,19H2,1-4H3,(H2,20,25). The zero-order chi connectivity index (χ0) is 18.6. The maximum absolute atomic E-state index is 12.0. The molecular formula is C18H20N4O3. The second-order valence-electron chi connectivity index (χ2n) is 6.24. The highest BCUT2D eigenvalue weighted by Crippen LogP contribution is 2.39. The van der Waals surface area contributed by atoms with Gasteiger partial charge in [-0.25, -0.2) is 4.98 Å². The molecule has 25 heavy (non-hydrogen) atoms. The first-order valence-corrected chi connectivity index (χ1v) is 7.75. The van der Waals surface area contributed by atoms with Gasteiger partial charge in [-0.15, -0.1) is 0 Å². The van der Waals surface area contributed by atoms with Crippen LogP contribution < -0.4 is 11.5 Å². The molecule has 0 radical (unpaired) electrons. The third-order valence-electron chi connectivity index (χ3n) is 4.65. The lowest BCUT2D eigenvalue weighted by atomic mass is 10.1. The zero-order valence-electron chi connectivity index (χ0n) is 14.5. The Hall–Kier alpha value is -3.22. The molecule has 7 heteroatoms. The van der Waals surface area contributed by atoms with Crippen molar-refractivity contribution in [1.82, 2.24) is 9.55 Å². The number of phenols is 2. The van der Waals surface area contributed by atoms with Crippen LogP contribution in [0.5, 0.6) is 11.5 Å². The first kappa shape index (κ1) is 16.6. The van der Waals surface area contributed by atoms with Gasteiger partial charge in [0.15, 0.2) is 0 Å². The molecule has 1 aromatic carbocycles. The quantitative estimate of drug-likeness (QED) is 0.569. The van der Waals surface area contributed by atoms with Gasteiger partial charge in [-0.05, 0) is 39.3 Å². The number of aromatic nitrogens is 2. The number of nitrogens with two attached hydrogens (primary N) is 2. The van der Waals surface area contributed by atoms with Crippen molar-refractivity contribution in [3.63, 3.8) is 0 Å². The van der Waals surface area contributed by atoms with Gasteiger partial charge in [-0.3, -0.25) is 9.36 Å². The molecular weight excluding hydrogens is 320 g/mol. The van der Waals surface area contributed by atoms with E-state index in [0.29, 0.717) is 27.8 Å². The summed E-state index contributed by atoms with van der Waals surface area (Å²) in [5.41, 5.74) is 15.6. The lowest BCUT2D eigenvalue weighted by Crippen LogP contribution is -2.14. The summed E-state index contributed by atoms with van der Waals surface area (Å²) < 4.78 is 1.56. The van der Waals surface area contributed by atoms with E-state index < -0.39 is 5.91 Å². The maximum atomic E-state index is 12.0. The molecule has 0 aliphatic carbocycles. The summed E-state index contributed by atoms with van der Waals surface area (Å²) in [6.45, 7) is 7.14. The monoisotopic (exact) mass is 340 g/mol. The van der Waals surface area contributed by atoms with Crippen molar-refractivity contribution in [2.24, 2.45) is 5.73 Å². The third-order valence-corrected chi connectivity index (χ3v) is 4.65. The molecule has 2 aromatic heterocycles. The van der Waals surface area contributed by atoms with Crippen molar-refractivity contribution >= 4 is 22.8 Å². The zero-order valence-corrected chi connectivity index (χ0v) is 14.5. The van der Waals surface area contributed by atoms with Crippen molar-refractivity contribution in [3.8, 4) is 17.2 Å². The molecule has 1 amide bonds. The summed E-state index contributed by atoms with van der Waals surface area (Å²) in [6, 6.07) is 3.09. The Morgan fingerprint density at radius 3 is 2.16 bits per heavy atom. The molecule has 0 spiro atoms. The number of hydrogen-bond acceptors (Lipinski definition) is 5. The minimum atomic E-state index is -0.661. The number of fused-ring (bicyclic) bond motifs is 1. The Kier molecular flexibility index (Phi) is 3.60. The number of hydrogen-bond donors (Lipinski definition) is 4. The Morgan fingerprint density at radius 1 is 1.08 bits per heavy atom. The van der Waals surface area contributed by atoms with E-state index in [9.17, 15) is 15.0 Å². The van der Waals surface area contributed by atoms with Crippen LogP contribution in [0, 0.1) is 27.7 Å². The number of aryl methyl sites for hydroxylation is 2. The van der Waals surface area contributed by atoms with Crippen LogP contribution in [0.1, 0.15) is 32.7 Å². The Balaban J connectivity index is 2.57. The SMILES string of the molecule is Cc1cc2c(C(N)=O)c(N)n(-c3c(C)c(O)cc(O)c3C)c2nc1C. The van der Waals surface area contributed by atoms with Crippen LogP contribution in [0.3, 0.4) is 0 Å². The summed E-state index contributed by atoms with van der Waals surface area (Å²) in [7, 11) is 0. The summed E-state index contributed by atoms with van der Waals surface area (Å²) in [5.74, 6) is -0.699. The number of nitrogen functional groups attached to an aromatic ring is 1. The van der Waals surface area contributed by atoms with Gasteiger partial charge in [0.25, 0.3) is 5.91 Å². The van der Waals surface area contributed by atoms with E-state index in [1.54, 1.807) is 18.4 Å². The van der Waals surface area contributed by atoms with Gasteiger partial charge >= 0.3 is 0 Å². The van der Waals surface area contributed by atoms with Gasteiger partial charge in [0.1, 0.15) is 23.0 Å².